The predicted molar refractivity (Wildman–Crippen MR) is 93.6 cm³/mol. The van der Waals surface area contributed by atoms with Crippen LogP contribution >= 0.6 is 0 Å². The van der Waals surface area contributed by atoms with Gasteiger partial charge in [0.25, 0.3) is 5.56 Å². The van der Waals surface area contributed by atoms with E-state index in [1.165, 1.54) is 0 Å². The van der Waals surface area contributed by atoms with Crippen molar-refractivity contribution in [3.8, 4) is 0 Å². The lowest BCUT2D eigenvalue weighted by Gasteiger charge is -2.30. The fraction of sp³-hybridized carbons (Fsp3) is 0.389. The maximum Gasteiger partial charge on any atom is 0.410 e. The van der Waals surface area contributed by atoms with E-state index in [0.29, 0.717) is 35.6 Å². The van der Waals surface area contributed by atoms with Gasteiger partial charge in [0.05, 0.1) is 12.2 Å². The maximum absolute atomic E-state index is 12.3. The fourth-order valence-electron chi connectivity index (χ4n) is 2.43. The molecule has 0 aliphatic carbocycles. The molecule has 6 nitrogen and oxygen atoms in total. The van der Waals surface area contributed by atoms with Crippen LogP contribution in [-0.2, 0) is 17.7 Å². The van der Waals surface area contributed by atoms with Crippen LogP contribution < -0.4 is 5.56 Å². The summed E-state index contributed by atoms with van der Waals surface area (Å²) >= 11 is 0. The lowest BCUT2D eigenvalue weighted by molar-refractivity contribution is 0.0220. The zero-order chi connectivity index (χ0) is 17.9. The van der Waals surface area contributed by atoms with E-state index in [9.17, 15) is 9.59 Å². The van der Waals surface area contributed by atoms with Gasteiger partial charge in [-0.3, -0.25) is 4.79 Å². The highest BCUT2D eigenvalue weighted by Crippen LogP contribution is 2.19. The van der Waals surface area contributed by atoms with Crippen molar-refractivity contribution in [2.75, 3.05) is 6.54 Å². The second-order valence-corrected chi connectivity index (χ2v) is 6.55. The number of H-pyrrole nitrogens is 1. The highest BCUT2D eigenvalue weighted by atomic mass is 16.6. The molecule has 24 heavy (non-hydrogen) atoms. The minimum absolute atomic E-state index is 0.185. The molecule has 0 radical (unpaired) electrons. The lowest BCUT2D eigenvalue weighted by Crippen LogP contribution is -2.42. The predicted octanol–water partition coefficient (Wildman–Crippen LogP) is 2.82. The normalized spacial score (nSPS) is 14.8. The summed E-state index contributed by atoms with van der Waals surface area (Å²) in [5.41, 5.74) is 1.12. The van der Waals surface area contributed by atoms with Crippen LogP contribution in [-0.4, -0.2) is 33.1 Å². The monoisotopic (exact) mass is 329 g/mol. The molecule has 0 saturated carbocycles. The molecule has 0 aromatic carbocycles. The van der Waals surface area contributed by atoms with E-state index in [0.717, 1.165) is 0 Å². The van der Waals surface area contributed by atoms with Crippen LogP contribution in [0, 0.1) is 0 Å². The Kier molecular flexibility index (Phi) is 5.07. The van der Waals surface area contributed by atoms with Gasteiger partial charge in [-0.15, -0.1) is 0 Å². The number of carbonyl (C=O) groups excluding carboxylic acids is 1. The number of rotatable bonds is 3. The van der Waals surface area contributed by atoms with Crippen molar-refractivity contribution in [3.05, 3.63) is 58.8 Å². The van der Waals surface area contributed by atoms with E-state index in [2.05, 4.69) is 23.1 Å². The average Bonchev–Trinajstić information content (AvgIpc) is 2.50. The van der Waals surface area contributed by atoms with Crippen LogP contribution in [0.25, 0.3) is 5.57 Å². The summed E-state index contributed by atoms with van der Waals surface area (Å²) in [7, 11) is 0. The van der Waals surface area contributed by atoms with Gasteiger partial charge in [0.15, 0.2) is 0 Å². The second kappa shape index (κ2) is 6.86. The molecule has 0 spiro atoms. The Labute approximate surface area is 141 Å². The number of ether oxygens (including phenoxy) is 1. The molecule has 1 aliphatic rings. The minimum Gasteiger partial charge on any atom is -0.444 e. The molecule has 0 bridgehead atoms. The number of fused-ring (bicyclic) bond motifs is 1. The van der Waals surface area contributed by atoms with Crippen LogP contribution in [0.4, 0.5) is 4.79 Å². The molecule has 2 heterocycles. The summed E-state index contributed by atoms with van der Waals surface area (Å²) in [6.07, 6.45) is 4.96. The van der Waals surface area contributed by atoms with E-state index in [-0.39, 0.29) is 12.1 Å². The Balaban J connectivity index is 2.33. The number of aromatic amines is 1. The molecule has 0 atom stereocenters. The largest absolute Gasteiger partial charge is 0.444 e. The minimum atomic E-state index is -0.563. The summed E-state index contributed by atoms with van der Waals surface area (Å²) in [6, 6.07) is 0. The summed E-state index contributed by atoms with van der Waals surface area (Å²) in [4.78, 5) is 33.4. The summed E-state index contributed by atoms with van der Waals surface area (Å²) in [5.74, 6) is 0.416. The first-order valence-electron chi connectivity index (χ1n) is 7.80. The Hall–Kier alpha value is -2.63. The van der Waals surface area contributed by atoms with Crippen LogP contribution in [0.2, 0.25) is 0 Å². The fourth-order valence-corrected chi connectivity index (χ4v) is 2.43. The van der Waals surface area contributed by atoms with Crippen molar-refractivity contribution in [3.63, 3.8) is 0 Å². The highest BCUT2D eigenvalue weighted by molar-refractivity contribution is 5.71. The van der Waals surface area contributed by atoms with Crippen LogP contribution in [0.1, 0.15) is 37.9 Å². The molecule has 2 rings (SSSR count). The molecule has 128 valence electrons. The zero-order valence-electron chi connectivity index (χ0n) is 14.4. The average molecular weight is 329 g/mol. The Bertz CT molecular complexity index is 754. The first kappa shape index (κ1) is 17.7. The molecule has 0 saturated heterocycles. The zero-order valence-corrected chi connectivity index (χ0v) is 14.4. The van der Waals surface area contributed by atoms with E-state index in [1.807, 2.05) is 20.8 Å². The number of hydrogen-bond donors (Lipinski definition) is 1. The quantitative estimate of drug-likeness (QED) is 0.865. The number of carbonyl (C=O) groups is 1. The van der Waals surface area contributed by atoms with Crippen LogP contribution in [0.3, 0.4) is 0 Å². The Morgan fingerprint density at radius 1 is 1.38 bits per heavy atom. The van der Waals surface area contributed by atoms with Crippen molar-refractivity contribution < 1.29 is 9.53 Å². The number of nitrogens with one attached hydrogen (secondary N) is 1. The number of allylic oxidation sites excluding steroid dienone is 4. The van der Waals surface area contributed by atoms with Crippen molar-refractivity contribution in [2.24, 2.45) is 0 Å². The van der Waals surface area contributed by atoms with Gasteiger partial charge in [-0.25, -0.2) is 9.78 Å². The standard InChI is InChI=1S/C18H23N3O3/c1-6-8-12(7-2)15-19-14-11-21(17(23)24-18(3,4)5)10-9-13(14)16(22)20-15/h6-8H,1-2,9-11H2,3-5H3,(H,19,20,22)/b12-8+. The molecule has 0 unspecified atom stereocenters. The van der Waals surface area contributed by atoms with Gasteiger partial charge >= 0.3 is 6.09 Å². The van der Waals surface area contributed by atoms with Gasteiger partial charge in [0, 0.05) is 17.7 Å². The summed E-state index contributed by atoms with van der Waals surface area (Å²) in [5, 5.41) is 0. The molecule has 1 N–H and O–H groups in total. The van der Waals surface area contributed by atoms with Gasteiger partial charge in [-0.05, 0) is 27.2 Å². The molecular formula is C18H23N3O3. The molecule has 0 fully saturated rings. The third-order valence-electron chi connectivity index (χ3n) is 3.52. The first-order valence-corrected chi connectivity index (χ1v) is 7.80. The Morgan fingerprint density at radius 3 is 2.67 bits per heavy atom. The molecule has 1 aromatic rings. The van der Waals surface area contributed by atoms with Gasteiger partial charge in [-0.1, -0.05) is 31.4 Å². The summed E-state index contributed by atoms with van der Waals surface area (Å²) in [6.45, 7) is 13.5. The second-order valence-electron chi connectivity index (χ2n) is 6.55. The molecule has 6 heteroatoms. The van der Waals surface area contributed by atoms with Crippen molar-refractivity contribution >= 4 is 11.7 Å². The van der Waals surface area contributed by atoms with Crippen LogP contribution in [0.5, 0.6) is 0 Å². The number of amides is 1. The van der Waals surface area contributed by atoms with Gasteiger partial charge in [-0.2, -0.15) is 0 Å². The topological polar surface area (TPSA) is 75.3 Å². The van der Waals surface area contributed by atoms with E-state index in [4.69, 9.17) is 4.74 Å². The van der Waals surface area contributed by atoms with Crippen molar-refractivity contribution in [1.29, 1.82) is 0 Å². The van der Waals surface area contributed by atoms with E-state index >= 15 is 0 Å². The van der Waals surface area contributed by atoms with Gasteiger partial charge < -0.3 is 14.6 Å². The smallest absolute Gasteiger partial charge is 0.410 e. The summed E-state index contributed by atoms with van der Waals surface area (Å²) < 4.78 is 5.39. The molecular weight excluding hydrogens is 306 g/mol. The van der Waals surface area contributed by atoms with Gasteiger partial charge in [0.2, 0.25) is 0 Å². The Morgan fingerprint density at radius 2 is 2.08 bits per heavy atom. The van der Waals surface area contributed by atoms with Crippen LogP contribution in [0.15, 0.2) is 36.2 Å². The molecule has 1 aromatic heterocycles. The molecule has 1 aliphatic heterocycles. The third-order valence-corrected chi connectivity index (χ3v) is 3.52. The van der Waals surface area contributed by atoms with Gasteiger partial charge in [0.1, 0.15) is 11.4 Å². The number of hydrogen-bond acceptors (Lipinski definition) is 4. The van der Waals surface area contributed by atoms with Crippen molar-refractivity contribution in [1.82, 2.24) is 14.9 Å². The maximum atomic E-state index is 12.3. The van der Waals surface area contributed by atoms with E-state index in [1.54, 1.807) is 23.1 Å². The third kappa shape index (κ3) is 4.01. The number of nitrogens with zero attached hydrogens (tertiary/aromatic N) is 2. The van der Waals surface area contributed by atoms with E-state index < -0.39 is 11.7 Å². The lowest BCUT2D eigenvalue weighted by atomic mass is 10.1. The molecule has 1 amide bonds. The number of aromatic nitrogens is 2. The first-order chi connectivity index (χ1) is 11.2. The highest BCUT2D eigenvalue weighted by Gasteiger charge is 2.28. The SMILES string of the molecule is C=C/C=C(\C=C)c1nc2c(c(=O)[nH]1)CCN(C(=O)OC(C)(C)C)C2. The van der Waals surface area contributed by atoms with Crippen molar-refractivity contribution in [2.45, 2.75) is 39.3 Å².